The SMILES string of the molecule is CCc1onc(C)c1CN1CC(CO)Oc2cc(F)ccc21. The molecule has 1 atom stereocenters. The van der Waals surface area contributed by atoms with Crippen LogP contribution in [0.4, 0.5) is 10.1 Å². The van der Waals surface area contributed by atoms with Gasteiger partial charge in [-0.3, -0.25) is 0 Å². The Balaban J connectivity index is 1.94. The number of hydrogen-bond donors (Lipinski definition) is 1. The first-order valence-electron chi connectivity index (χ1n) is 7.38. The van der Waals surface area contributed by atoms with Crippen LogP contribution >= 0.6 is 0 Å². The fraction of sp³-hybridized carbons (Fsp3) is 0.438. The summed E-state index contributed by atoms with van der Waals surface area (Å²) in [4.78, 5) is 2.07. The molecule has 1 aromatic heterocycles. The molecule has 0 spiro atoms. The van der Waals surface area contributed by atoms with Crippen LogP contribution in [0.2, 0.25) is 0 Å². The van der Waals surface area contributed by atoms with E-state index in [1.807, 2.05) is 13.8 Å². The van der Waals surface area contributed by atoms with Crippen molar-refractivity contribution in [1.82, 2.24) is 5.16 Å². The minimum atomic E-state index is -0.375. The van der Waals surface area contributed by atoms with E-state index in [0.717, 1.165) is 29.1 Å². The van der Waals surface area contributed by atoms with Gasteiger partial charge in [-0.1, -0.05) is 12.1 Å². The van der Waals surface area contributed by atoms with Gasteiger partial charge in [-0.05, 0) is 19.1 Å². The number of hydrogen-bond acceptors (Lipinski definition) is 5. The number of ether oxygens (including phenoxy) is 1. The average Bonchev–Trinajstić information content (AvgIpc) is 2.87. The molecular formula is C16H19FN2O3. The molecule has 1 aliphatic rings. The van der Waals surface area contributed by atoms with E-state index in [4.69, 9.17) is 9.26 Å². The zero-order valence-electron chi connectivity index (χ0n) is 12.7. The van der Waals surface area contributed by atoms with Crippen molar-refractivity contribution in [2.45, 2.75) is 32.9 Å². The van der Waals surface area contributed by atoms with Crippen LogP contribution in [0.1, 0.15) is 23.9 Å². The molecule has 0 amide bonds. The van der Waals surface area contributed by atoms with Gasteiger partial charge in [-0.2, -0.15) is 0 Å². The Morgan fingerprint density at radius 2 is 2.27 bits per heavy atom. The first-order chi connectivity index (χ1) is 10.6. The normalized spacial score (nSPS) is 17.3. The molecule has 1 N–H and O–H groups in total. The largest absolute Gasteiger partial charge is 0.484 e. The third-order valence-corrected chi connectivity index (χ3v) is 3.92. The van der Waals surface area contributed by atoms with Gasteiger partial charge < -0.3 is 19.3 Å². The molecule has 118 valence electrons. The number of rotatable bonds is 4. The second-order valence-corrected chi connectivity index (χ2v) is 5.44. The van der Waals surface area contributed by atoms with Crippen molar-refractivity contribution in [1.29, 1.82) is 0 Å². The minimum Gasteiger partial charge on any atom is -0.484 e. The quantitative estimate of drug-likeness (QED) is 0.940. The molecule has 0 aliphatic carbocycles. The molecule has 5 nitrogen and oxygen atoms in total. The standard InChI is InChI=1S/C16H19FN2O3/c1-3-15-13(10(2)18-22-15)8-19-7-12(9-20)21-16-6-11(17)4-5-14(16)19/h4-6,12,20H,3,7-9H2,1-2H3. The molecule has 0 saturated heterocycles. The molecule has 1 unspecified atom stereocenters. The second kappa shape index (κ2) is 5.96. The van der Waals surface area contributed by atoms with Crippen LogP contribution in [-0.2, 0) is 13.0 Å². The van der Waals surface area contributed by atoms with Gasteiger partial charge in [-0.15, -0.1) is 0 Å². The zero-order valence-corrected chi connectivity index (χ0v) is 12.7. The zero-order chi connectivity index (χ0) is 15.7. The van der Waals surface area contributed by atoms with E-state index in [0.29, 0.717) is 18.8 Å². The fourth-order valence-corrected chi connectivity index (χ4v) is 2.76. The van der Waals surface area contributed by atoms with Crippen molar-refractivity contribution in [2.75, 3.05) is 18.1 Å². The second-order valence-electron chi connectivity index (χ2n) is 5.44. The van der Waals surface area contributed by atoms with E-state index in [9.17, 15) is 9.50 Å². The molecule has 1 aliphatic heterocycles. The summed E-state index contributed by atoms with van der Waals surface area (Å²) in [5, 5.41) is 13.4. The minimum absolute atomic E-state index is 0.115. The van der Waals surface area contributed by atoms with Crippen molar-refractivity contribution < 1.29 is 18.8 Å². The highest BCUT2D eigenvalue weighted by Gasteiger charge is 2.27. The highest BCUT2D eigenvalue weighted by Crippen LogP contribution is 2.35. The third kappa shape index (κ3) is 2.66. The average molecular weight is 306 g/mol. The van der Waals surface area contributed by atoms with Crippen LogP contribution in [0.3, 0.4) is 0 Å². The van der Waals surface area contributed by atoms with Gasteiger partial charge in [0.2, 0.25) is 0 Å². The van der Waals surface area contributed by atoms with E-state index in [1.165, 1.54) is 12.1 Å². The number of aryl methyl sites for hydroxylation is 2. The number of fused-ring (bicyclic) bond motifs is 1. The smallest absolute Gasteiger partial charge is 0.146 e. The van der Waals surface area contributed by atoms with E-state index in [1.54, 1.807) is 6.07 Å². The molecule has 6 heteroatoms. The monoisotopic (exact) mass is 306 g/mol. The van der Waals surface area contributed by atoms with Gasteiger partial charge in [0.1, 0.15) is 23.4 Å². The predicted molar refractivity (Wildman–Crippen MR) is 79.6 cm³/mol. The van der Waals surface area contributed by atoms with Crippen molar-refractivity contribution in [2.24, 2.45) is 0 Å². The first kappa shape index (κ1) is 14.8. The Morgan fingerprint density at radius 3 is 3.00 bits per heavy atom. The molecular weight excluding hydrogens is 287 g/mol. The lowest BCUT2D eigenvalue weighted by Gasteiger charge is -2.35. The Kier molecular flexibility index (Phi) is 4.02. The van der Waals surface area contributed by atoms with Gasteiger partial charge >= 0.3 is 0 Å². The lowest BCUT2D eigenvalue weighted by molar-refractivity contribution is 0.111. The van der Waals surface area contributed by atoms with Gasteiger partial charge in [0.15, 0.2) is 0 Å². The topological polar surface area (TPSA) is 58.7 Å². The number of aliphatic hydroxyl groups excluding tert-OH is 1. The van der Waals surface area contributed by atoms with Gasteiger partial charge in [-0.25, -0.2) is 4.39 Å². The van der Waals surface area contributed by atoms with Gasteiger partial charge in [0.05, 0.1) is 24.5 Å². The number of anilines is 1. The maximum absolute atomic E-state index is 13.4. The molecule has 2 heterocycles. The summed E-state index contributed by atoms with van der Waals surface area (Å²) in [6.07, 6.45) is 0.389. The van der Waals surface area contributed by atoms with Crippen LogP contribution < -0.4 is 9.64 Å². The lowest BCUT2D eigenvalue weighted by Crippen LogP contribution is -2.41. The molecule has 3 rings (SSSR count). The Bertz CT molecular complexity index is 671. The van der Waals surface area contributed by atoms with Crippen molar-refractivity contribution in [3.63, 3.8) is 0 Å². The number of benzene rings is 1. The maximum Gasteiger partial charge on any atom is 0.146 e. The van der Waals surface area contributed by atoms with Crippen LogP contribution in [0.15, 0.2) is 22.7 Å². The highest BCUT2D eigenvalue weighted by molar-refractivity contribution is 5.60. The number of halogens is 1. The molecule has 0 saturated carbocycles. The van der Waals surface area contributed by atoms with Crippen LogP contribution in [0.5, 0.6) is 5.75 Å². The lowest BCUT2D eigenvalue weighted by atomic mass is 10.1. The van der Waals surface area contributed by atoms with Gasteiger partial charge in [0.25, 0.3) is 0 Å². The number of nitrogens with zero attached hydrogens (tertiary/aromatic N) is 2. The van der Waals surface area contributed by atoms with Crippen LogP contribution in [-0.4, -0.2) is 29.5 Å². The summed E-state index contributed by atoms with van der Waals surface area (Å²) in [5.41, 5.74) is 2.71. The van der Waals surface area contributed by atoms with Crippen molar-refractivity contribution in [3.8, 4) is 5.75 Å². The molecule has 0 bridgehead atoms. The Labute approximate surface area is 128 Å². The molecule has 0 radical (unpaired) electrons. The summed E-state index contributed by atoms with van der Waals surface area (Å²) >= 11 is 0. The Hall–Kier alpha value is -2.08. The maximum atomic E-state index is 13.4. The fourth-order valence-electron chi connectivity index (χ4n) is 2.76. The van der Waals surface area contributed by atoms with Gasteiger partial charge in [0, 0.05) is 24.6 Å². The summed E-state index contributed by atoms with van der Waals surface area (Å²) in [7, 11) is 0. The molecule has 2 aromatic rings. The predicted octanol–water partition coefficient (Wildman–Crippen LogP) is 2.44. The van der Waals surface area contributed by atoms with E-state index in [2.05, 4.69) is 10.1 Å². The third-order valence-electron chi connectivity index (χ3n) is 3.92. The summed E-state index contributed by atoms with van der Waals surface area (Å²) in [6.45, 7) is 4.94. The van der Waals surface area contributed by atoms with Crippen LogP contribution in [0.25, 0.3) is 0 Å². The molecule has 1 aromatic carbocycles. The van der Waals surface area contributed by atoms with E-state index < -0.39 is 0 Å². The molecule has 0 fully saturated rings. The van der Waals surface area contributed by atoms with Crippen LogP contribution in [0, 0.1) is 12.7 Å². The summed E-state index contributed by atoms with van der Waals surface area (Å²) < 4.78 is 24.4. The first-order valence-corrected chi connectivity index (χ1v) is 7.38. The highest BCUT2D eigenvalue weighted by atomic mass is 19.1. The van der Waals surface area contributed by atoms with E-state index in [-0.39, 0.29) is 18.5 Å². The summed E-state index contributed by atoms with van der Waals surface area (Å²) in [6, 6.07) is 4.47. The summed E-state index contributed by atoms with van der Waals surface area (Å²) in [5.74, 6) is 0.957. The van der Waals surface area contributed by atoms with E-state index >= 15 is 0 Å². The van der Waals surface area contributed by atoms with Crippen molar-refractivity contribution in [3.05, 3.63) is 41.0 Å². The number of aromatic nitrogens is 1. The van der Waals surface area contributed by atoms with Crippen molar-refractivity contribution >= 4 is 5.69 Å². The number of aliphatic hydroxyl groups is 1. The Morgan fingerprint density at radius 1 is 1.45 bits per heavy atom. The molecule has 22 heavy (non-hydrogen) atoms.